The van der Waals surface area contributed by atoms with Crippen molar-refractivity contribution in [3.8, 4) is 0 Å². The molecule has 0 fully saturated rings. The summed E-state index contributed by atoms with van der Waals surface area (Å²) in [5.74, 6) is 0. The van der Waals surface area contributed by atoms with Crippen molar-refractivity contribution in [3.05, 3.63) is 36.0 Å². The SMILES string of the molecule is CCCCCCn1cc(CCN)c2ccccc21. The van der Waals surface area contributed by atoms with Crippen LogP contribution in [0.5, 0.6) is 0 Å². The number of para-hydroxylation sites is 1. The number of unbranched alkanes of at least 4 members (excludes halogenated alkanes) is 3. The Hall–Kier alpha value is -1.28. The fraction of sp³-hybridized carbons (Fsp3) is 0.500. The second kappa shape index (κ2) is 6.60. The monoisotopic (exact) mass is 244 g/mol. The molecule has 0 radical (unpaired) electrons. The van der Waals surface area contributed by atoms with Crippen molar-refractivity contribution < 1.29 is 0 Å². The molecule has 0 aliphatic rings. The summed E-state index contributed by atoms with van der Waals surface area (Å²) < 4.78 is 2.40. The number of hydrogen-bond acceptors (Lipinski definition) is 1. The zero-order valence-corrected chi connectivity index (χ0v) is 11.4. The molecule has 0 bridgehead atoms. The summed E-state index contributed by atoms with van der Waals surface area (Å²) in [7, 11) is 0. The number of nitrogens with two attached hydrogens (primary N) is 1. The van der Waals surface area contributed by atoms with E-state index in [0.717, 1.165) is 19.5 Å². The van der Waals surface area contributed by atoms with Gasteiger partial charge in [0, 0.05) is 23.6 Å². The van der Waals surface area contributed by atoms with Gasteiger partial charge in [0.2, 0.25) is 0 Å². The van der Waals surface area contributed by atoms with Gasteiger partial charge in [0.1, 0.15) is 0 Å². The topological polar surface area (TPSA) is 30.9 Å². The Kier molecular flexibility index (Phi) is 4.82. The Morgan fingerprint density at radius 1 is 1.11 bits per heavy atom. The third-order valence-corrected chi connectivity index (χ3v) is 3.54. The molecule has 1 aromatic heterocycles. The third kappa shape index (κ3) is 2.94. The van der Waals surface area contributed by atoms with Gasteiger partial charge in [-0.25, -0.2) is 0 Å². The third-order valence-electron chi connectivity index (χ3n) is 3.54. The van der Waals surface area contributed by atoms with Crippen LogP contribution in [0, 0.1) is 0 Å². The Morgan fingerprint density at radius 3 is 2.72 bits per heavy atom. The zero-order valence-electron chi connectivity index (χ0n) is 11.4. The summed E-state index contributed by atoms with van der Waals surface area (Å²) in [5, 5.41) is 1.37. The lowest BCUT2D eigenvalue weighted by atomic mass is 10.1. The van der Waals surface area contributed by atoms with E-state index in [-0.39, 0.29) is 0 Å². The standard InChI is InChI=1S/C16H24N2/c1-2-3-4-7-12-18-13-14(10-11-17)15-8-5-6-9-16(15)18/h5-6,8-9,13H,2-4,7,10-12,17H2,1H3. The fourth-order valence-electron chi connectivity index (χ4n) is 2.57. The van der Waals surface area contributed by atoms with Crippen molar-refractivity contribution in [2.24, 2.45) is 5.73 Å². The first-order chi connectivity index (χ1) is 8.86. The van der Waals surface area contributed by atoms with Crippen LogP contribution in [0.3, 0.4) is 0 Å². The lowest BCUT2D eigenvalue weighted by molar-refractivity contribution is 0.593. The van der Waals surface area contributed by atoms with Gasteiger partial charge in [-0.2, -0.15) is 0 Å². The summed E-state index contributed by atoms with van der Waals surface area (Å²) in [6.07, 6.45) is 8.51. The molecule has 2 aromatic rings. The van der Waals surface area contributed by atoms with E-state index < -0.39 is 0 Å². The summed E-state index contributed by atoms with van der Waals surface area (Å²) in [6.45, 7) is 4.11. The number of hydrogen-bond donors (Lipinski definition) is 1. The molecule has 18 heavy (non-hydrogen) atoms. The van der Waals surface area contributed by atoms with Crippen molar-refractivity contribution >= 4 is 10.9 Å². The van der Waals surface area contributed by atoms with E-state index in [1.54, 1.807) is 0 Å². The number of aromatic nitrogens is 1. The molecule has 0 saturated heterocycles. The highest BCUT2D eigenvalue weighted by atomic mass is 15.0. The molecule has 2 N–H and O–H groups in total. The molecule has 0 aliphatic carbocycles. The molecule has 0 aliphatic heterocycles. The minimum Gasteiger partial charge on any atom is -0.347 e. The van der Waals surface area contributed by atoms with Crippen LogP contribution in [-0.2, 0) is 13.0 Å². The minimum atomic E-state index is 0.726. The van der Waals surface area contributed by atoms with Crippen LogP contribution >= 0.6 is 0 Å². The van der Waals surface area contributed by atoms with Crippen LogP contribution in [-0.4, -0.2) is 11.1 Å². The molecule has 1 aromatic carbocycles. The Labute approximate surface area is 110 Å². The van der Waals surface area contributed by atoms with Gasteiger partial charge in [0.05, 0.1) is 0 Å². The molecule has 2 nitrogen and oxygen atoms in total. The fourth-order valence-corrected chi connectivity index (χ4v) is 2.57. The normalized spacial score (nSPS) is 11.2. The van der Waals surface area contributed by atoms with Gasteiger partial charge in [-0.3, -0.25) is 0 Å². The van der Waals surface area contributed by atoms with E-state index in [9.17, 15) is 0 Å². The number of fused-ring (bicyclic) bond motifs is 1. The van der Waals surface area contributed by atoms with Gasteiger partial charge in [0.25, 0.3) is 0 Å². The van der Waals surface area contributed by atoms with Gasteiger partial charge in [-0.05, 0) is 31.0 Å². The molecule has 0 saturated carbocycles. The van der Waals surface area contributed by atoms with Crippen LogP contribution in [0.1, 0.15) is 38.2 Å². The van der Waals surface area contributed by atoms with Crippen LogP contribution in [0.15, 0.2) is 30.5 Å². The summed E-state index contributed by atoms with van der Waals surface area (Å²) in [4.78, 5) is 0. The largest absolute Gasteiger partial charge is 0.347 e. The average molecular weight is 244 g/mol. The molecule has 0 amide bonds. The first-order valence-electron chi connectivity index (χ1n) is 7.13. The van der Waals surface area contributed by atoms with Crippen LogP contribution in [0.4, 0.5) is 0 Å². The van der Waals surface area contributed by atoms with Crippen molar-refractivity contribution in [3.63, 3.8) is 0 Å². The van der Waals surface area contributed by atoms with Gasteiger partial charge in [-0.15, -0.1) is 0 Å². The molecule has 0 unspecified atom stereocenters. The Morgan fingerprint density at radius 2 is 1.94 bits per heavy atom. The Bertz CT molecular complexity index is 485. The highest BCUT2D eigenvalue weighted by Gasteiger charge is 2.06. The summed E-state index contributed by atoms with van der Waals surface area (Å²) in [6, 6.07) is 8.67. The predicted octanol–water partition coefficient (Wildman–Crippen LogP) is 3.72. The number of nitrogens with zero attached hydrogens (tertiary/aromatic N) is 1. The molecule has 0 spiro atoms. The van der Waals surface area contributed by atoms with E-state index in [0.29, 0.717) is 0 Å². The maximum atomic E-state index is 5.69. The van der Waals surface area contributed by atoms with Crippen molar-refractivity contribution in [1.82, 2.24) is 4.57 Å². The zero-order chi connectivity index (χ0) is 12.8. The Balaban J connectivity index is 2.16. The number of aryl methyl sites for hydroxylation is 1. The van der Waals surface area contributed by atoms with Gasteiger partial charge >= 0.3 is 0 Å². The maximum Gasteiger partial charge on any atom is 0.0483 e. The van der Waals surface area contributed by atoms with Crippen molar-refractivity contribution in [1.29, 1.82) is 0 Å². The molecule has 2 rings (SSSR count). The average Bonchev–Trinajstić information content (AvgIpc) is 2.74. The second-order valence-electron chi connectivity index (χ2n) is 4.96. The predicted molar refractivity (Wildman–Crippen MR) is 78.8 cm³/mol. The minimum absolute atomic E-state index is 0.726. The maximum absolute atomic E-state index is 5.69. The number of rotatable bonds is 7. The lowest BCUT2D eigenvalue weighted by Gasteiger charge is -2.04. The molecular weight excluding hydrogens is 220 g/mol. The summed E-state index contributed by atoms with van der Waals surface area (Å²) >= 11 is 0. The van der Waals surface area contributed by atoms with Crippen molar-refractivity contribution in [2.45, 2.75) is 45.6 Å². The van der Waals surface area contributed by atoms with Gasteiger partial charge in [-0.1, -0.05) is 44.4 Å². The summed E-state index contributed by atoms with van der Waals surface area (Å²) in [5.41, 5.74) is 8.44. The second-order valence-corrected chi connectivity index (χ2v) is 4.96. The molecular formula is C16H24N2. The highest BCUT2D eigenvalue weighted by molar-refractivity contribution is 5.84. The van der Waals surface area contributed by atoms with E-state index in [1.807, 2.05) is 0 Å². The van der Waals surface area contributed by atoms with E-state index in [2.05, 4.69) is 42.0 Å². The lowest BCUT2D eigenvalue weighted by Crippen LogP contribution is -2.02. The highest BCUT2D eigenvalue weighted by Crippen LogP contribution is 2.22. The van der Waals surface area contributed by atoms with Crippen LogP contribution in [0.25, 0.3) is 10.9 Å². The molecule has 2 heteroatoms. The van der Waals surface area contributed by atoms with E-state index >= 15 is 0 Å². The first kappa shape index (κ1) is 13.2. The molecule has 1 heterocycles. The van der Waals surface area contributed by atoms with E-state index in [4.69, 9.17) is 5.73 Å². The van der Waals surface area contributed by atoms with Crippen molar-refractivity contribution in [2.75, 3.05) is 6.54 Å². The smallest absolute Gasteiger partial charge is 0.0483 e. The van der Waals surface area contributed by atoms with Gasteiger partial charge in [0.15, 0.2) is 0 Å². The molecule has 98 valence electrons. The van der Waals surface area contributed by atoms with Crippen LogP contribution in [0.2, 0.25) is 0 Å². The molecule has 0 atom stereocenters. The quantitative estimate of drug-likeness (QED) is 0.739. The van der Waals surface area contributed by atoms with Gasteiger partial charge < -0.3 is 10.3 Å². The first-order valence-corrected chi connectivity index (χ1v) is 7.13. The number of benzene rings is 1. The van der Waals surface area contributed by atoms with E-state index in [1.165, 1.54) is 42.1 Å². The van der Waals surface area contributed by atoms with Crippen LogP contribution < -0.4 is 5.73 Å².